The first-order valence-corrected chi connectivity index (χ1v) is 6.50. The molecule has 0 N–H and O–H groups in total. The van der Waals surface area contributed by atoms with Gasteiger partial charge < -0.3 is 4.74 Å². The molecule has 5 nitrogen and oxygen atoms in total. The second-order valence-corrected chi connectivity index (χ2v) is 4.54. The van der Waals surface area contributed by atoms with Crippen LogP contribution in [0.3, 0.4) is 0 Å². The highest BCUT2D eigenvalue weighted by molar-refractivity contribution is 5.99. The van der Waals surface area contributed by atoms with Gasteiger partial charge in [-0.2, -0.15) is 9.79 Å². The van der Waals surface area contributed by atoms with Gasteiger partial charge in [-0.1, -0.05) is 0 Å². The number of ether oxygens (including phenoxy) is 1. The molecule has 2 aliphatic heterocycles. The molecule has 6 heteroatoms. The highest BCUT2D eigenvalue weighted by Crippen LogP contribution is 2.34. The summed E-state index contributed by atoms with van der Waals surface area (Å²) in [6.07, 6.45) is 5.75. The van der Waals surface area contributed by atoms with Crippen molar-refractivity contribution in [1.29, 1.82) is 0 Å². The molecule has 1 amide bonds. The van der Waals surface area contributed by atoms with Crippen molar-refractivity contribution in [3.8, 4) is 0 Å². The van der Waals surface area contributed by atoms with Gasteiger partial charge in [0.15, 0.2) is 5.70 Å². The molecule has 1 unspecified atom stereocenters. The number of hydrogen-bond acceptors (Lipinski definition) is 4. The van der Waals surface area contributed by atoms with Gasteiger partial charge in [-0.3, -0.25) is 4.99 Å². The van der Waals surface area contributed by atoms with Crippen LogP contribution in [0, 0.1) is 5.82 Å². The van der Waals surface area contributed by atoms with Gasteiger partial charge in [-0.15, -0.1) is 4.48 Å². The Labute approximate surface area is 121 Å². The van der Waals surface area contributed by atoms with Gasteiger partial charge >= 0.3 is 6.09 Å². The Balaban J connectivity index is 2.10. The molecule has 1 atom stereocenters. The van der Waals surface area contributed by atoms with Gasteiger partial charge in [0.1, 0.15) is 17.7 Å². The topological polar surface area (TPSA) is 51.0 Å². The second kappa shape index (κ2) is 5.06. The van der Waals surface area contributed by atoms with Crippen LogP contribution in [0.1, 0.15) is 12.5 Å². The van der Waals surface area contributed by atoms with Crippen LogP contribution in [0.4, 0.5) is 9.18 Å². The summed E-state index contributed by atoms with van der Waals surface area (Å²) in [6.45, 7) is 2.02. The fraction of sp³-hybridized carbons (Fsp3) is 0.133. The number of carbonyl (C=O) groups is 1. The molecule has 0 radical (unpaired) electrons. The van der Waals surface area contributed by atoms with E-state index in [0.29, 0.717) is 17.0 Å². The van der Waals surface area contributed by atoms with E-state index in [-0.39, 0.29) is 16.9 Å². The lowest BCUT2D eigenvalue weighted by Crippen LogP contribution is -2.46. The Hall–Kier alpha value is -2.60. The van der Waals surface area contributed by atoms with Crippen molar-refractivity contribution in [2.45, 2.75) is 6.92 Å². The Kier molecular flexibility index (Phi) is 3.23. The highest BCUT2D eigenvalue weighted by atomic mass is 19.1. The van der Waals surface area contributed by atoms with Gasteiger partial charge in [-0.05, 0) is 31.2 Å². The molecule has 3 rings (SSSR count). The van der Waals surface area contributed by atoms with E-state index < -0.39 is 6.09 Å². The largest absolute Gasteiger partial charge is 0.532 e. The van der Waals surface area contributed by atoms with Crippen LogP contribution in [0.25, 0.3) is 5.70 Å². The first kappa shape index (κ1) is 13.4. The summed E-state index contributed by atoms with van der Waals surface area (Å²) in [5.41, 5.74) is 1.88. The zero-order valence-corrected chi connectivity index (χ0v) is 11.4. The van der Waals surface area contributed by atoms with E-state index >= 15 is 0 Å². The molecule has 0 aliphatic carbocycles. The summed E-state index contributed by atoms with van der Waals surface area (Å²) >= 11 is 0. The van der Waals surface area contributed by atoms with Crippen molar-refractivity contribution in [1.82, 2.24) is 0 Å². The molecule has 106 valence electrons. The standard InChI is InChI=1S/C15H13FN3O2/c1-2-21-15(20)19-8-7-17-9-13(19)14(18-10-19)11-3-5-12(16)6-4-11/h3-10H,2H2,1H3/q+1. The third kappa shape index (κ3) is 2.09. The van der Waals surface area contributed by atoms with Crippen molar-refractivity contribution in [3.05, 3.63) is 53.7 Å². The number of quaternary nitrogens is 1. The molecule has 0 saturated carbocycles. The number of carbonyl (C=O) groups excluding carboxylic acids is 1. The van der Waals surface area contributed by atoms with Crippen LogP contribution in [0.5, 0.6) is 0 Å². The molecule has 21 heavy (non-hydrogen) atoms. The molecule has 0 aromatic heterocycles. The van der Waals surface area contributed by atoms with Crippen molar-refractivity contribution in [2.24, 2.45) is 9.98 Å². The van der Waals surface area contributed by atoms with Gasteiger partial charge in [-0.25, -0.2) is 4.39 Å². The summed E-state index contributed by atoms with van der Waals surface area (Å²) in [7, 11) is 0. The van der Waals surface area contributed by atoms with E-state index in [1.54, 1.807) is 31.5 Å². The lowest BCUT2D eigenvalue weighted by molar-refractivity contribution is -0.649. The average molecular weight is 286 g/mol. The molecule has 0 fully saturated rings. The van der Waals surface area contributed by atoms with E-state index in [2.05, 4.69) is 9.98 Å². The van der Waals surface area contributed by atoms with E-state index in [0.717, 1.165) is 0 Å². The van der Waals surface area contributed by atoms with E-state index in [4.69, 9.17) is 4.74 Å². The molecular formula is C15H13FN3O2+. The third-order valence-electron chi connectivity index (χ3n) is 3.28. The van der Waals surface area contributed by atoms with Gasteiger partial charge in [0.2, 0.25) is 6.34 Å². The van der Waals surface area contributed by atoms with Crippen LogP contribution >= 0.6 is 0 Å². The average Bonchev–Trinajstić information content (AvgIpc) is 2.89. The monoisotopic (exact) mass is 286 g/mol. The Morgan fingerprint density at radius 1 is 1.33 bits per heavy atom. The van der Waals surface area contributed by atoms with Gasteiger partial charge in [0.25, 0.3) is 0 Å². The predicted octanol–water partition coefficient (Wildman–Crippen LogP) is 3.07. The Morgan fingerprint density at radius 3 is 2.81 bits per heavy atom. The number of hydrogen-bond donors (Lipinski definition) is 0. The number of amides is 1. The van der Waals surface area contributed by atoms with Crippen molar-refractivity contribution >= 4 is 24.3 Å². The number of nitrogens with zero attached hydrogens (tertiary/aromatic N) is 3. The second-order valence-electron chi connectivity index (χ2n) is 4.54. The molecule has 1 aromatic carbocycles. The number of fused-ring (bicyclic) bond motifs is 1. The maximum Gasteiger partial charge on any atom is 0.532 e. The van der Waals surface area contributed by atoms with Crippen molar-refractivity contribution in [2.75, 3.05) is 6.61 Å². The van der Waals surface area contributed by atoms with Crippen LogP contribution in [-0.4, -0.2) is 29.7 Å². The van der Waals surface area contributed by atoms with E-state index in [9.17, 15) is 9.18 Å². The first-order valence-electron chi connectivity index (χ1n) is 6.50. The summed E-state index contributed by atoms with van der Waals surface area (Å²) in [6, 6.07) is 5.94. The maximum absolute atomic E-state index is 13.0. The minimum Gasteiger partial charge on any atom is -0.419 e. The SMILES string of the molecule is CCOC(=O)[N+]12C=CN=CC1=C(c1ccc(F)cc1)N=C2. The van der Waals surface area contributed by atoms with Gasteiger partial charge in [0, 0.05) is 5.56 Å². The van der Waals surface area contributed by atoms with Gasteiger partial charge in [0.05, 0.1) is 19.0 Å². The van der Waals surface area contributed by atoms with Crippen LogP contribution < -0.4 is 0 Å². The summed E-state index contributed by atoms with van der Waals surface area (Å²) in [5.74, 6) is -0.324. The lowest BCUT2D eigenvalue weighted by atomic mass is 10.1. The number of benzene rings is 1. The van der Waals surface area contributed by atoms with Crippen LogP contribution in [0.15, 0.2) is 52.3 Å². The smallest absolute Gasteiger partial charge is 0.419 e. The lowest BCUT2D eigenvalue weighted by Gasteiger charge is -2.23. The third-order valence-corrected chi connectivity index (χ3v) is 3.28. The molecule has 1 aromatic rings. The minimum absolute atomic E-state index is 0.260. The molecule has 2 heterocycles. The molecule has 2 aliphatic rings. The van der Waals surface area contributed by atoms with Crippen molar-refractivity contribution < 1.29 is 18.4 Å². The Bertz CT molecular complexity index is 704. The zero-order valence-electron chi connectivity index (χ0n) is 11.4. The number of allylic oxidation sites excluding steroid dienone is 1. The minimum atomic E-state index is -0.448. The quantitative estimate of drug-likeness (QED) is 0.784. The predicted molar refractivity (Wildman–Crippen MR) is 76.7 cm³/mol. The summed E-state index contributed by atoms with van der Waals surface area (Å²) < 4.78 is 17.9. The highest BCUT2D eigenvalue weighted by Gasteiger charge is 2.47. The van der Waals surface area contributed by atoms with E-state index in [1.165, 1.54) is 24.7 Å². The fourth-order valence-electron chi connectivity index (χ4n) is 2.25. The summed E-state index contributed by atoms with van der Waals surface area (Å²) in [5, 5.41) is 0. The van der Waals surface area contributed by atoms with Crippen molar-refractivity contribution in [3.63, 3.8) is 0 Å². The molecular weight excluding hydrogens is 273 g/mol. The number of rotatable bonds is 2. The van der Waals surface area contributed by atoms with Crippen LogP contribution in [-0.2, 0) is 4.74 Å². The number of halogens is 1. The normalized spacial score (nSPS) is 22.6. The Morgan fingerprint density at radius 2 is 2.10 bits per heavy atom. The number of aliphatic imine (C=N–C) groups is 2. The summed E-state index contributed by atoms with van der Waals surface area (Å²) in [4.78, 5) is 20.7. The maximum atomic E-state index is 13.0. The molecule has 0 bridgehead atoms. The van der Waals surface area contributed by atoms with E-state index in [1.807, 2.05) is 0 Å². The fourth-order valence-corrected chi connectivity index (χ4v) is 2.25. The van der Waals surface area contributed by atoms with Crippen LogP contribution in [0.2, 0.25) is 0 Å². The molecule has 0 spiro atoms. The first-order chi connectivity index (χ1) is 10.2. The molecule has 0 saturated heterocycles. The zero-order chi connectivity index (χ0) is 14.9.